The molecule has 0 aliphatic carbocycles. The van der Waals surface area contributed by atoms with Gasteiger partial charge in [0, 0.05) is 12.1 Å². The smallest absolute Gasteiger partial charge is 0.261 e. The van der Waals surface area contributed by atoms with Crippen molar-refractivity contribution in [2.24, 2.45) is 5.92 Å². The van der Waals surface area contributed by atoms with E-state index in [0.717, 1.165) is 16.3 Å². The van der Waals surface area contributed by atoms with Crippen molar-refractivity contribution >= 4 is 16.7 Å². The molecule has 1 amide bonds. The highest BCUT2D eigenvalue weighted by atomic mass is 16.5. The molecule has 0 saturated heterocycles. The zero-order chi connectivity index (χ0) is 17.5. The molecule has 0 aromatic heterocycles. The van der Waals surface area contributed by atoms with Crippen LogP contribution in [0, 0.1) is 29.6 Å². The van der Waals surface area contributed by atoms with Crippen molar-refractivity contribution in [3.8, 4) is 24.2 Å². The van der Waals surface area contributed by atoms with Crippen LogP contribution in [-0.4, -0.2) is 18.6 Å². The van der Waals surface area contributed by atoms with Gasteiger partial charge in [-0.15, -0.1) is 6.42 Å². The number of carbonyl (C=O) groups excluding carboxylic acids is 1. The molecule has 0 aliphatic rings. The SMILES string of the molecule is C#Cc1ccc2ccc(OC(CC)C(=O)NCC(C)C#N)cc2c1. The number of nitriles is 1. The van der Waals surface area contributed by atoms with Crippen LogP contribution < -0.4 is 10.1 Å². The minimum Gasteiger partial charge on any atom is -0.481 e. The van der Waals surface area contributed by atoms with E-state index in [1.165, 1.54) is 0 Å². The molecule has 0 spiro atoms. The van der Waals surface area contributed by atoms with E-state index in [1.54, 1.807) is 6.92 Å². The predicted octanol–water partition coefficient (Wildman–Crippen LogP) is 3.25. The maximum Gasteiger partial charge on any atom is 0.261 e. The van der Waals surface area contributed by atoms with Crippen LogP contribution in [0.15, 0.2) is 36.4 Å². The van der Waals surface area contributed by atoms with Crippen molar-refractivity contribution < 1.29 is 9.53 Å². The van der Waals surface area contributed by atoms with Crippen molar-refractivity contribution in [1.29, 1.82) is 5.26 Å². The Kier molecular flexibility index (Phi) is 5.82. The molecule has 2 aromatic carbocycles. The fraction of sp³-hybridized carbons (Fsp3) is 0.300. The fourth-order valence-corrected chi connectivity index (χ4v) is 2.29. The van der Waals surface area contributed by atoms with Crippen LogP contribution in [0.4, 0.5) is 0 Å². The highest BCUT2D eigenvalue weighted by Gasteiger charge is 2.18. The van der Waals surface area contributed by atoms with Crippen molar-refractivity contribution in [3.63, 3.8) is 0 Å². The molecule has 24 heavy (non-hydrogen) atoms. The standard InChI is InChI=1S/C20H20N2O2/c1-4-15-6-7-16-8-9-18(11-17(16)10-15)24-19(5-2)20(23)22-13-14(3)12-21/h1,6-11,14,19H,5,13H2,2-3H3,(H,22,23). The first-order valence-corrected chi connectivity index (χ1v) is 7.91. The van der Waals surface area contributed by atoms with Gasteiger partial charge < -0.3 is 10.1 Å². The number of ether oxygens (including phenoxy) is 1. The summed E-state index contributed by atoms with van der Waals surface area (Å²) in [7, 11) is 0. The Balaban J connectivity index is 2.13. The van der Waals surface area contributed by atoms with E-state index in [-0.39, 0.29) is 11.8 Å². The van der Waals surface area contributed by atoms with Gasteiger partial charge in [0.15, 0.2) is 6.10 Å². The molecule has 0 bridgehead atoms. The highest BCUT2D eigenvalue weighted by Crippen LogP contribution is 2.23. The minimum atomic E-state index is -0.593. The molecule has 2 aromatic rings. The summed E-state index contributed by atoms with van der Waals surface area (Å²) in [5, 5.41) is 13.5. The summed E-state index contributed by atoms with van der Waals surface area (Å²) in [6.07, 6.45) is 5.38. The highest BCUT2D eigenvalue weighted by molar-refractivity contribution is 5.85. The van der Waals surface area contributed by atoms with E-state index in [9.17, 15) is 4.79 Å². The molecular weight excluding hydrogens is 300 g/mol. The fourth-order valence-electron chi connectivity index (χ4n) is 2.29. The number of hydrogen-bond donors (Lipinski definition) is 1. The van der Waals surface area contributed by atoms with Crippen LogP contribution in [0.1, 0.15) is 25.8 Å². The maximum atomic E-state index is 12.2. The Hall–Kier alpha value is -2.98. The summed E-state index contributed by atoms with van der Waals surface area (Å²) < 4.78 is 5.83. The van der Waals surface area contributed by atoms with Gasteiger partial charge in [0.05, 0.1) is 12.0 Å². The molecule has 0 saturated carbocycles. The van der Waals surface area contributed by atoms with Gasteiger partial charge in [-0.2, -0.15) is 5.26 Å². The van der Waals surface area contributed by atoms with E-state index < -0.39 is 6.10 Å². The number of benzene rings is 2. The van der Waals surface area contributed by atoms with Crippen molar-refractivity contribution in [3.05, 3.63) is 42.0 Å². The van der Waals surface area contributed by atoms with Gasteiger partial charge in [-0.25, -0.2) is 0 Å². The van der Waals surface area contributed by atoms with Gasteiger partial charge >= 0.3 is 0 Å². The molecule has 0 fully saturated rings. The van der Waals surface area contributed by atoms with Crippen molar-refractivity contribution in [2.75, 3.05) is 6.54 Å². The number of fused-ring (bicyclic) bond motifs is 1. The van der Waals surface area contributed by atoms with Crippen LogP contribution >= 0.6 is 0 Å². The Labute approximate surface area is 142 Å². The van der Waals surface area contributed by atoms with Crippen LogP contribution in [0.2, 0.25) is 0 Å². The van der Waals surface area contributed by atoms with Crippen molar-refractivity contribution in [1.82, 2.24) is 5.32 Å². The van der Waals surface area contributed by atoms with Gasteiger partial charge in [0.2, 0.25) is 0 Å². The minimum absolute atomic E-state index is 0.211. The van der Waals surface area contributed by atoms with E-state index in [2.05, 4.69) is 17.3 Å². The van der Waals surface area contributed by atoms with Crippen LogP contribution in [0.3, 0.4) is 0 Å². The summed E-state index contributed by atoms with van der Waals surface area (Å²) in [5.74, 6) is 2.79. The first kappa shape index (κ1) is 17.4. The molecule has 0 aliphatic heterocycles. The van der Waals surface area contributed by atoms with Gasteiger partial charge in [-0.05, 0) is 48.4 Å². The Morgan fingerprint density at radius 3 is 2.71 bits per heavy atom. The largest absolute Gasteiger partial charge is 0.481 e. The molecule has 0 heterocycles. The first-order valence-electron chi connectivity index (χ1n) is 7.91. The normalized spacial score (nSPS) is 12.7. The summed E-state index contributed by atoms with van der Waals surface area (Å²) in [6, 6.07) is 13.5. The second-order valence-corrected chi connectivity index (χ2v) is 5.66. The van der Waals surface area contributed by atoms with Gasteiger partial charge in [0.25, 0.3) is 5.91 Å². The Morgan fingerprint density at radius 2 is 2.04 bits per heavy atom. The zero-order valence-corrected chi connectivity index (χ0v) is 13.9. The average molecular weight is 320 g/mol. The third-order valence-corrected chi connectivity index (χ3v) is 3.72. The summed E-state index contributed by atoms with van der Waals surface area (Å²) in [6.45, 7) is 3.96. The lowest BCUT2D eigenvalue weighted by Crippen LogP contribution is -2.39. The Morgan fingerprint density at radius 1 is 1.29 bits per heavy atom. The van der Waals surface area contributed by atoms with E-state index in [0.29, 0.717) is 18.7 Å². The molecule has 4 nitrogen and oxygen atoms in total. The number of carbonyl (C=O) groups is 1. The Bertz CT molecular complexity index is 814. The van der Waals surface area contributed by atoms with Gasteiger partial charge in [0.1, 0.15) is 5.75 Å². The number of rotatable bonds is 6. The summed E-state index contributed by atoms with van der Waals surface area (Å²) >= 11 is 0. The third kappa shape index (κ3) is 4.27. The van der Waals surface area contributed by atoms with Crippen LogP contribution in [0.25, 0.3) is 10.8 Å². The molecule has 1 N–H and O–H groups in total. The predicted molar refractivity (Wildman–Crippen MR) is 94.4 cm³/mol. The van der Waals surface area contributed by atoms with Crippen molar-refractivity contribution in [2.45, 2.75) is 26.4 Å². The topological polar surface area (TPSA) is 62.1 Å². The number of amides is 1. The molecule has 122 valence electrons. The number of nitrogens with one attached hydrogen (secondary N) is 1. The lowest BCUT2D eigenvalue weighted by molar-refractivity contribution is -0.128. The number of nitrogens with zero attached hydrogens (tertiary/aromatic N) is 1. The summed E-state index contributed by atoms with van der Waals surface area (Å²) in [4.78, 5) is 12.2. The average Bonchev–Trinajstić information content (AvgIpc) is 2.62. The monoisotopic (exact) mass is 320 g/mol. The lowest BCUT2D eigenvalue weighted by Gasteiger charge is -2.18. The summed E-state index contributed by atoms with van der Waals surface area (Å²) in [5.41, 5.74) is 0.801. The number of hydrogen-bond acceptors (Lipinski definition) is 3. The molecular formula is C20H20N2O2. The molecule has 0 radical (unpaired) electrons. The zero-order valence-electron chi connectivity index (χ0n) is 13.9. The molecule has 2 atom stereocenters. The van der Waals surface area contributed by atoms with Crippen LogP contribution in [0.5, 0.6) is 5.75 Å². The maximum absolute atomic E-state index is 12.2. The van der Waals surface area contributed by atoms with E-state index in [1.807, 2.05) is 43.3 Å². The van der Waals surface area contributed by atoms with Crippen LogP contribution in [-0.2, 0) is 4.79 Å². The second-order valence-electron chi connectivity index (χ2n) is 5.66. The lowest BCUT2D eigenvalue weighted by atomic mass is 10.1. The molecule has 2 rings (SSSR count). The van der Waals surface area contributed by atoms with Gasteiger partial charge in [-0.3, -0.25) is 4.79 Å². The quantitative estimate of drug-likeness (QED) is 0.831. The second kappa shape index (κ2) is 8.04. The van der Waals surface area contributed by atoms with E-state index >= 15 is 0 Å². The third-order valence-electron chi connectivity index (χ3n) is 3.72. The first-order chi connectivity index (χ1) is 11.6. The molecule has 2 unspecified atom stereocenters. The molecule has 4 heteroatoms. The van der Waals surface area contributed by atoms with E-state index in [4.69, 9.17) is 16.4 Å². The van der Waals surface area contributed by atoms with Gasteiger partial charge in [-0.1, -0.05) is 25.0 Å². The number of terminal acetylenes is 1.